The molecule has 2 aromatic rings. The molecule has 5 nitrogen and oxygen atoms in total. The van der Waals surface area contributed by atoms with Crippen molar-refractivity contribution in [3.8, 4) is 6.07 Å². The predicted molar refractivity (Wildman–Crippen MR) is 81.0 cm³/mol. The van der Waals surface area contributed by atoms with Crippen LogP contribution in [0.4, 0.5) is 5.69 Å². The molecule has 0 bridgehead atoms. The zero-order valence-corrected chi connectivity index (χ0v) is 11.7. The second-order valence-electron chi connectivity index (χ2n) is 4.41. The summed E-state index contributed by atoms with van der Waals surface area (Å²) in [4.78, 5) is 25.0. The van der Waals surface area contributed by atoms with Crippen molar-refractivity contribution in [3.05, 3.63) is 42.0 Å². The van der Waals surface area contributed by atoms with Gasteiger partial charge in [-0.2, -0.15) is 5.26 Å². The van der Waals surface area contributed by atoms with E-state index in [0.29, 0.717) is 24.2 Å². The van der Waals surface area contributed by atoms with Gasteiger partial charge in [-0.15, -0.1) is 0 Å². The Bertz CT molecular complexity index is 719. The molecule has 0 atom stereocenters. The van der Waals surface area contributed by atoms with Gasteiger partial charge >= 0.3 is 0 Å². The van der Waals surface area contributed by atoms with Crippen molar-refractivity contribution in [2.75, 3.05) is 18.0 Å². The van der Waals surface area contributed by atoms with Crippen molar-refractivity contribution in [1.29, 1.82) is 5.26 Å². The Kier molecular flexibility index (Phi) is 4.52. The lowest BCUT2D eigenvalue weighted by atomic mass is 10.0. The van der Waals surface area contributed by atoms with Crippen LogP contribution in [0, 0.1) is 11.3 Å². The molecule has 0 unspecified atom stereocenters. The number of nitriles is 1. The van der Waals surface area contributed by atoms with Gasteiger partial charge in [0, 0.05) is 6.54 Å². The van der Waals surface area contributed by atoms with Crippen LogP contribution in [0.15, 0.2) is 36.4 Å². The summed E-state index contributed by atoms with van der Waals surface area (Å²) in [5.41, 5.74) is 0.957. The highest BCUT2D eigenvalue weighted by atomic mass is 16.2. The smallest absolute Gasteiger partial charge is 0.254 e. The largest absolute Gasteiger partial charge is 0.339 e. The first-order chi connectivity index (χ1) is 10.2. The fraction of sp³-hybridized carbons (Fsp3) is 0.188. The number of hydrogen-bond acceptors (Lipinski definition) is 3. The fourth-order valence-electron chi connectivity index (χ4n) is 2.25. The number of anilines is 1. The molecule has 1 N–H and O–H groups in total. The second kappa shape index (κ2) is 6.53. The number of nitrogens with one attached hydrogen (secondary N) is 1. The van der Waals surface area contributed by atoms with Crippen LogP contribution in [0.2, 0.25) is 0 Å². The summed E-state index contributed by atoms with van der Waals surface area (Å²) >= 11 is 0. The van der Waals surface area contributed by atoms with Crippen LogP contribution in [0.1, 0.15) is 17.3 Å². The SMILES string of the molecule is CCN(C=O)c1ccc2ccccc2c1C(=O)NCC#N. The quantitative estimate of drug-likeness (QED) is 0.673. The Morgan fingerprint density at radius 1 is 1.33 bits per heavy atom. The molecule has 2 aromatic carbocycles. The van der Waals surface area contributed by atoms with Crippen LogP contribution in [-0.4, -0.2) is 25.4 Å². The van der Waals surface area contributed by atoms with Gasteiger partial charge in [0.15, 0.2) is 0 Å². The van der Waals surface area contributed by atoms with E-state index in [4.69, 9.17) is 5.26 Å². The molecule has 0 aliphatic rings. The molecule has 0 saturated carbocycles. The molecule has 0 radical (unpaired) electrons. The van der Waals surface area contributed by atoms with Crippen molar-refractivity contribution in [2.24, 2.45) is 0 Å². The lowest BCUT2D eigenvalue weighted by molar-refractivity contribution is -0.107. The minimum Gasteiger partial charge on any atom is -0.339 e. The van der Waals surface area contributed by atoms with Crippen molar-refractivity contribution < 1.29 is 9.59 Å². The van der Waals surface area contributed by atoms with Crippen molar-refractivity contribution in [3.63, 3.8) is 0 Å². The number of nitrogens with zero attached hydrogens (tertiary/aromatic N) is 2. The summed E-state index contributed by atoms with van der Waals surface area (Å²) in [6.45, 7) is 2.22. The summed E-state index contributed by atoms with van der Waals surface area (Å²) in [6, 6.07) is 13.0. The normalized spacial score (nSPS) is 9.90. The highest BCUT2D eigenvalue weighted by Gasteiger charge is 2.18. The van der Waals surface area contributed by atoms with Crippen LogP contribution in [-0.2, 0) is 4.79 Å². The van der Waals surface area contributed by atoms with Gasteiger partial charge in [0.05, 0.1) is 17.3 Å². The van der Waals surface area contributed by atoms with Gasteiger partial charge in [-0.05, 0) is 23.8 Å². The van der Waals surface area contributed by atoms with E-state index in [1.54, 1.807) is 6.07 Å². The van der Waals surface area contributed by atoms with E-state index >= 15 is 0 Å². The van der Waals surface area contributed by atoms with Crippen LogP contribution in [0.3, 0.4) is 0 Å². The number of hydrogen-bond donors (Lipinski definition) is 1. The van der Waals surface area contributed by atoms with E-state index in [1.807, 2.05) is 43.3 Å². The van der Waals surface area contributed by atoms with Crippen LogP contribution in [0.25, 0.3) is 10.8 Å². The molecule has 0 heterocycles. The lowest BCUT2D eigenvalue weighted by Crippen LogP contribution is -2.28. The summed E-state index contributed by atoms with van der Waals surface area (Å²) in [5.74, 6) is -0.358. The Labute approximate surface area is 122 Å². The summed E-state index contributed by atoms with van der Waals surface area (Å²) in [5, 5.41) is 12.8. The number of benzene rings is 2. The minimum atomic E-state index is -0.358. The first-order valence-corrected chi connectivity index (χ1v) is 6.61. The molecule has 0 aliphatic heterocycles. The third-order valence-corrected chi connectivity index (χ3v) is 3.24. The molecular formula is C16H15N3O2. The highest BCUT2D eigenvalue weighted by molar-refractivity contribution is 6.13. The molecule has 2 rings (SSSR count). The van der Waals surface area contributed by atoms with Gasteiger partial charge in [-0.3, -0.25) is 9.59 Å². The van der Waals surface area contributed by atoms with Gasteiger partial charge in [-0.1, -0.05) is 30.3 Å². The van der Waals surface area contributed by atoms with Crippen molar-refractivity contribution in [1.82, 2.24) is 5.32 Å². The average Bonchev–Trinajstić information content (AvgIpc) is 2.53. The maximum atomic E-state index is 12.4. The maximum Gasteiger partial charge on any atom is 0.254 e. The van der Waals surface area contributed by atoms with E-state index in [0.717, 1.165) is 10.8 Å². The second-order valence-corrected chi connectivity index (χ2v) is 4.41. The molecule has 0 aromatic heterocycles. The highest BCUT2D eigenvalue weighted by Crippen LogP contribution is 2.28. The zero-order valence-electron chi connectivity index (χ0n) is 11.7. The predicted octanol–water partition coefficient (Wildman–Crippen LogP) is 2.08. The van der Waals surface area contributed by atoms with Crippen LogP contribution < -0.4 is 10.2 Å². The van der Waals surface area contributed by atoms with Gasteiger partial charge in [0.25, 0.3) is 5.91 Å². The maximum absolute atomic E-state index is 12.4. The zero-order chi connectivity index (χ0) is 15.2. The van der Waals surface area contributed by atoms with E-state index in [9.17, 15) is 9.59 Å². The van der Waals surface area contributed by atoms with Gasteiger partial charge < -0.3 is 10.2 Å². The Morgan fingerprint density at radius 2 is 2.10 bits per heavy atom. The van der Waals surface area contributed by atoms with Crippen LogP contribution in [0.5, 0.6) is 0 Å². The first-order valence-electron chi connectivity index (χ1n) is 6.61. The average molecular weight is 281 g/mol. The third-order valence-electron chi connectivity index (χ3n) is 3.24. The third kappa shape index (κ3) is 2.84. The lowest BCUT2D eigenvalue weighted by Gasteiger charge is -2.20. The standard InChI is InChI=1S/C16H15N3O2/c1-2-19(11-20)14-8-7-12-5-3-4-6-13(12)15(14)16(21)18-10-9-17/h3-8,11H,2,10H2,1H3,(H,18,21). The molecule has 21 heavy (non-hydrogen) atoms. The van der Waals surface area contributed by atoms with Gasteiger partial charge in [-0.25, -0.2) is 0 Å². The van der Waals surface area contributed by atoms with E-state index < -0.39 is 0 Å². The molecular weight excluding hydrogens is 266 g/mol. The van der Waals surface area contributed by atoms with E-state index in [-0.39, 0.29) is 12.5 Å². The summed E-state index contributed by atoms with van der Waals surface area (Å²) in [6.07, 6.45) is 0.700. The number of rotatable bonds is 5. The number of carbonyl (C=O) groups excluding carboxylic acids is 2. The van der Waals surface area contributed by atoms with Gasteiger partial charge in [0.2, 0.25) is 6.41 Å². The topological polar surface area (TPSA) is 73.2 Å². The Hall–Kier alpha value is -2.87. The summed E-state index contributed by atoms with van der Waals surface area (Å²) < 4.78 is 0. The van der Waals surface area contributed by atoms with Crippen molar-refractivity contribution >= 4 is 28.8 Å². The molecule has 5 heteroatoms. The molecule has 0 aliphatic carbocycles. The monoisotopic (exact) mass is 281 g/mol. The van der Waals surface area contributed by atoms with Gasteiger partial charge in [0.1, 0.15) is 6.54 Å². The summed E-state index contributed by atoms with van der Waals surface area (Å²) in [7, 11) is 0. The molecule has 0 fully saturated rings. The van der Waals surface area contributed by atoms with Crippen molar-refractivity contribution in [2.45, 2.75) is 6.92 Å². The minimum absolute atomic E-state index is 0.0747. The molecule has 0 spiro atoms. The number of amides is 2. The number of carbonyl (C=O) groups is 2. The fourth-order valence-corrected chi connectivity index (χ4v) is 2.25. The van der Waals surface area contributed by atoms with Crippen LogP contribution >= 0.6 is 0 Å². The molecule has 0 saturated heterocycles. The first kappa shape index (κ1) is 14.5. The Balaban J connectivity index is 2.65. The molecule has 106 valence electrons. The van der Waals surface area contributed by atoms with E-state index in [1.165, 1.54) is 4.90 Å². The Morgan fingerprint density at radius 3 is 2.76 bits per heavy atom. The van der Waals surface area contributed by atoms with E-state index in [2.05, 4.69) is 5.32 Å². The molecule has 2 amide bonds. The number of fused-ring (bicyclic) bond motifs is 1.